The number of unbranched alkanes of at least 4 members (excludes halogenated alkanes) is 16. The van der Waals surface area contributed by atoms with Gasteiger partial charge in [-0.1, -0.05) is 129 Å². The quantitative estimate of drug-likeness (QED) is 0.0430. The van der Waals surface area contributed by atoms with Crippen molar-refractivity contribution in [1.82, 2.24) is 0 Å². The molecule has 0 amide bonds. The van der Waals surface area contributed by atoms with E-state index in [-0.39, 0.29) is 24.1 Å². The van der Waals surface area contributed by atoms with Crippen molar-refractivity contribution in [3.63, 3.8) is 0 Å². The summed E-state index contributed by atoms with van der Waals surface area (Å²) in [5.74, 6) is -1.34. The molecule has 0 spiro atoms. The topological polar surface area (TPSA) is 90.2 Å². The van der Waals surface area contributed by atoms with E-state index in [1.807, 2.05) is 0 Å². The molecule has 3 saturated heterocycles. The maximum Gasteiger partial charge on any atom is 0.309 e. The smallest absolute Gasteiger partial charge is 0.309 e. The molecule has 0 aromatic carbocycles. The van der Waals surface area contributed by atoms with Crippen molar-refractivity contribution >= 4 is 11.9 Å². The van der Waals surface area contributed by atoms with Crippen LogP contribution in [0, 0.1) is 11.8 Å². The van der Waals surface area contributed by atoms with E-state index < -0.39 is 11.8 Å². The monoisotopic (exact) mass is 663 g/mol. The molecular formula is C40H70O7. The van der Waals surface area contributed by atoms with E-state index in [2.05, 4.69) is 13.8 Å². The highest BCUT2D eigenvalue weighted by Gasteiger charge is 2.53. The number of ether oxygens (including phenoxy) is 5. The van der Waals surface area contributed by atoms with E-state index in [1.165, 1.54) is 128 Å². The third kappa shape index (κ3) is 15.5. The van der Waals surface area contributed by atoms with E-state index in [0.29, 0.717) is 50.5 Å². The van der Waals surface area contributed by atoms with Gasteiger partial charge in [-0.05, 0) is 51.4 Å². The molecule has 47 heavy (non-hydrogen) atoms. The zero-order chi connectivity index (χ0) is 33.1. The Morgan fingerprint density at radius 2 is 0.766 bits per heavy atom. The molecule has 0 aromatic heterocycles. The first-order valence-corrected chi connectivity index (χ1v) is 20.4. The number of rotatable bonds is 30. The molecule has 7 nitrogen and oxygen atoms in total. The molecular weight excluding hydrogens is 592 g/mol. The van der Waals surface area contributed by atoms with Gasteiger partial charge in [-0.3, -0.25) is 9.59 Å². The molecule has 0 bridgehead atoms. The second-order valence-electron chi connectivity index (χ2n) is 15.2. The normalized spacial score (nSPS) is 28.9. The molecule has 0 aromatic rings. The van der Waals surface area contributed by atoms with Crippen LogP contribution < -0.4 is 0 Å². The Kier molecular flexibility index (Phi) is 18.5. The van der Waals surface area contributed by atoms with E-state index in [9.17, 15) is 9.59 Å². The number of esters is 2. The van der Waals surface area contributed by atoms with Gasteiger partial charge >= 0.3 is 11.9 Å². The lowest BCUT2D eigenvalue weighted by molar-refractivity contribution is -0.162. The van der Waals surface area contributed by atoms with E-state index in [4.69, 9.17) is 23.7 Å². The second-order valence-corrected chi connectivity index (χ2v) is 15.2. The molecule has 7 heteroatoms. The SMILES string of the molecule is CCCCCC1OC1CCCCCCCCCOC(=O)C1CC2OC2CC1C(=O)OCCCCCCCCCC1OC1CCCCC. The minimum atomic E-state index is -0.430. The van der Waals surface area contributed by atoms with Crippen LogP contribution in [0.15, 0.2) is 0 Å². The number of epoxide rings is 3. The summed E-state index contributed by atoms with van der Waals surface area (Å²) in [7, 11) is 0. The number of fused-ring (bicyclic) bond motifs is 1. The molecule has 1 aliphatic carbocycles. The maximum absolute atomic E-state index is 13.0. The zero-order valence-electron chi connectivity index (χ0n) is 30.3. The predicted octanol–water partition coefficient (Wildman–Crippen LogP) is 9.80. The highest BCUT2D eigenvalue weighted by molar-refractivity contribution is 5.82. The Balaban J connectivity index is 0.937. The molecule has 0 radical (unpaired) electrons. The summed E-state index contributed by atoms with van der Waals surface area (Å²) in [6, 6.07) is 0. The van der Waals surface area contributed by atoms with Crippen LogP contribution in [-0.2, 0) is 33.3 Å². The van der Waals surface area contributed by atoms with Gasteiger partial charge in [-0.2, -0.15) is 0 Å². The van der Waals surface area contributed by atoms with Gasteiger partial charge in [-0.25, -0.2) is 0 Å². The van der Waals surface area contributed by atoms with Crippen molar-refractivity contribution in [2.45, 2.75) is 217 Å². The Morgan fingerprint density at radius 3 is 1.13 bits per heavy atom. The van der Waals surface area contributed by atoms with Gasteiger partial charge in [-0.15, -0.1) is 0 Å². The summed E-state index contributed by atoms with van der Waals surface area (Å²) in [6.07, 6.45) is 32.9. The molecule has 1 saturated carbocycles. The molecule has 3 aliphatic heterocycles. The number of hydrogen-bond donors (Lipinski definition) is 0. The van der Waals surface area contributed by atoms with Crippen LogP contribution in [0.25, 0.3) is 0 Å². The first-order chi connectivity index (χ1) is 23.1. The summed E-state index contributed by atoms with van der Waals surface area (Å²) in [5.41, 5.74) is 0. The highest BCUT2D eigenvalue weighted by atomic mass is 16.6. The Hall–Kier alpha value is -1.18. The number of hydrogen-bond acceptors (Lipinski definition) is 7. The van der Waals surface area contributed by atoms with Crippen molar-refractivity contribution in [2.24, 2.45) is 11.8 Å². The first kappa shape index (κ1) is 38.6. The molecule has 0 N–H and O–H groups in total. The highest BCUT2D eigenvalue weighted by Crippen LogP contribution is 2.44. The van der Waals surface area contributed by atoms with Gasteiger partial charge in [0.1, 0.15) is 0 Å². The van der Waals surface area contributed by atoms with Crippen LogP contribution in [0.4, 0.5) is 0 Å². The maximum atomic E-state index is 13.0. The molecule has 4 aliphatic rings. The van der Waals surface area contributed by atoms with Crippen molar-refractivity contribution in [3.05, 3.63) is 0 Å². The lowest BCUT2D eigenvalue weighted by atomic mass is 9.79. The predicted molar refractivity (Wildman–Crippen MR) is 186 cm³/mol. The molecule has 4 rings (SSSR count). The summed E-state index contributed by atoms with van der Waals surface area (Å²) in [5, 5.41) is 0. The van der Waals surface area contributed by atoms with Crippen LogP contribution in [0.1, 0.15) is 181 Å². The van der Waals surface area contributed by atoms with Crippen molar-refractivity contribution in [1.29, 1.82) is 0 Å². The average molecular weight is 663 g/mol. The van der Waals surface area contributed by atoms with E-state index in [1.54, 1.807) is 0 Å². The van der Waals surface area contributed by atoms with Crippen molar-refractivity contribution < 1.29 is 33.3 Å². The molecule has 8 atom stereocenters. The summed E-state index contributed by atoms with van der Waals surface area (Å²) >= 11 is 0. The summed E-state index contributed by atoms with van der Waals surface area (Å²) in [4.78, 5) is 25.9. The summed E-state index contributed by atoms with van der Waals surface area (Å²) < 4.78 is 28.6. The lowest BCUT2D eigenvalue weighted by Crippen LogP contribution is -2.37. The lowest BCUT2D eigenvalue weighted by Gasteiger charge is -2.26. The minimum absolute atomic E-state index is 0.110. The Labute approximate surface area is 287 Å². The van der Waals surface area contributed by atoms with Crippen LogP contribution in [0.5, 0.6) is 0 Å². The van der Waals surface area contributed by atoms with Crippen LogP contribution >= 0.6 is 0 Å². The molecule has 3 heterocycles. The fraction of sp³-hybridized carbons (Fsp3) is 0.950. The fourth-order valence-electron chi connectivity index (χ4n) is 7.73. The zero-order valence-corrected chi connectivity index (χ0v) is 30.3. The van der Waals surface area contributed by atoms with Gasteiger partial charge in [0.2, 0.25) is 0 Å². The van der Waals surface area contributed by atoms with Crippen LogP contribution in [-0.4, -0.2) is 61.8 Å². The fourth-order valence-corrected chi connectivity index (χ4v) is 7.73. The summed E-state index contributed by atoms with van der Waals surface area (Å²) in [6.45, 7) is 5.39. The van der Waals surface area contributed by atoms with Crippen molar-refractivity contribution in [2.75, 3.05) is 13.2 Å². The second kappa shape index (κ2) is 22.5. The molecule has 8 unspecified atom stereocenters. The van der Waals surface area contributed by atoms with E-state index in [0.717, 1.165) is 25.7 Å². The third-order valence-electron chi connectivity index (χ3n) is 11.1. The Bertz CT molecular complexity index is 796. The van der Waals surface area contributed by atoms with Crippen molar-refractivity contribution in [3.8, 4) is 0 Å². The third-order valence-corrected chi connectivity index (χ3v) is 11.1. The number of carbonyl (C=O) groups excluding carboxylic acids is 2. The van der Waals surface area contributed by atoms with Gasteiger partial charge in [0, 0.05) is 0 Å². The van der Waals surface area contributed by atoms with E-state index >= 15 is 0 Å². The molecule has 4 fully saturated rings. The van der Waals surface area contributed by atoms with Crippen LogP contribution in [0.3, 0.4) is 0 Å². The largest absolute Gasteiger partial charge is 0.465 e. The molecule has 272 valence electrons. The van der Waals surface area contributed by atoms with Gasteiger partial charge < -0.3 is 23.7 Å². The first-order valence-electron chi connectivity index (χ1n) is 20.4. The Morgan fingerprint density at radius 1 is 0.447 bits per heavy atom. The van der Waals surface area contributed by atoms with Gasteiger partial charge in [0.05, 0.1) is 61.7 Å². The minimum Gasteiger partial charge on any atom is -0.465 e. The van der Waals surface area contributed by atoms with Gasteiger partial charge in [0.25, 0.3) is 0 Å². The van der Waals surface area contributed by atoms with Crippen LogP contribution in [0.2, 0.25) is 0 Å². The average Bonchev–Trinajstić information content (AvgIpc) is 3.99. The number of carbonyl (C=O) groups is 2. The van der Waals surface area contributed by atoms with Gasteiger partial charge in [0.15, 0.2) is 0 Å². The standard InChI is InChI=1S/C40H70O7/c1-3-5-17-23-33-35(45-33)25-19-13-9-7-11-15-21-27-43-39(41)31-29-37-38(47-37)30-32(31)40(42)44-28-22-16-12-8-10-14-20-26-36-34(46-36)24-18-6-4-2/h31-38H,3-30H2,1-2H3.